The van der Waals surface area contributed by atoms with Gasteiger partial charge in [-0.2, -0.15) is 0 Å². The number of nitrogens with one attached hydrogen (secondary N) is 2. The number of ether oxygens (including phenoxy) is 1. The molecule has 3 heterocycles. The second-order valence-electron chi connectivity index (χ2n) is 11.3. The van der Waals surface area contributed by atoms with E-state index in [1.54, 1.807) is 24.3 Å². The zero-order chi connectivity index (χ0) is 33.2. The Labute approximate surface area is 271 Å². The summed E-state index contributed by atoms with van der Waals surface area (Å²) in [6, 6.07) is 12.8. The molecule has 0 unspecified atom stereocenters. The Morgan fingerprint density at radius 1 is 1.02 bits per heavy atom. The number of amides is 2. The number of fused-ring (bicyclic) bond motifs is 1. The van der Waals surface area contributed by atoms with Crippen molar-refractivity contribution in [1.82, 2.24) is 29.7 Å². The van der Waals surface area contributed by atoms with Crippen molar-refractivity contribution in [1.29, 1.82) is 0 Å². The smallest absolute Gasteiger partial charge is 0.343 e. The van der Waals surface area contributed by atoms with Gasteiger partial charge in [0.25, 0.3) is 5.56 Å². The van der Waals surface area contributed by atoms with Crippen LogP contribution in [-0.2, 0) is 17.9 Å². The zero-order valence-electron chi connectivity index (χ0n) is 25.8. The summed E-state index contributed by atoms with van der Waals surface area (Å²) in [5.74, 6) is -1.57. The van der Waals surface area contributed by atoms with E-state index in [-0.39, 0.29) is 33.6 Å². The minimum atomic E-state index is -0.844. The van der Waals surface area contributed by atoms with E-state index in [1.165, 1.54) is 29.9 Å². The van der Waals surface area contributed by atoms with Crippen LogP contribution in [0.25, 0.3) is 26.5 Å². The van der Waals surface area contributed by atoms with E-state index in [0.29, 0.717) is 28.2 Å². The van der Waals surface area contributed by atoms with Gasteiger partial charge < -0.3 is 15.0 Å². The normalized spacial score (nSPS) is 13.1. The van der Waals surface area contributed by atoms with Crippen LogP contribution in [0.15, 0.2) is 64.2 Å². The lowest BCUT2D eigenvalue weighted by atomic mass is 9.97. The van der Waals surface area contributed by atoms with Gasteiger partial charge in [0.05, 0.1) is 25.1 Å². The van der Waals surface area contributed by atoms with Gasteiger partial charge in [0.2, 0.25) is 5.88 Å². The molecule has 244 valence electrons. The Hall–Kier alpha value is -4.99. The number of halogens is 2. The molecule has 1 aliphatic carbocycles. The molecule has 1 aliphatic rings. The number of aromatic nitrogens is 4. The SMILES string of the molecule is COc1ccc(-n2c(=O)c3c(CN(C)C)c(-c4ccc(NC(=O)NOC5CCC5)cc4)sc3n(Cc3c(F)cccc3F)c2=O)nn1. The van der Waals surface area contributed by atoms with Crippen molar-refractivity contribution in [2.45, 2.75) is 38.5 Å². The Morgan fingerprint density at radius 3 is 2.34 bits per heavy atom. The number of anilines is 1. The van der Waals surface area contributed by atoms with Gasteiger partial charge in [0.15, 0.2) is 5.82 Å². The highest BCUT2D eigenvalue weighted by molar-refractivity contribution is 7.22. The van der Waals surface area contributed by atoms with Crippen LogP contribution in [-0.4, -0.2) is 57.6 Å². The van der Waals surface area contributed by atoms with Crippen LogP contribution >= 0.6 is 11.3 Å². The molecular weight excluding hydrogens is 632 g/mol. The first-order valence-corrected chi connectivity index (χ1v) is 15.6. The van der Waals surface area contributed by atoms with Crippen molar-refractivity contribution >= 4 is 33.3 Å². The summed E-state index contributed by atoms with van der Waals surface area (Å²) < 4.78 is 36.9. The highest BCUT2D eigenvalue weighted by Crippen LogP contribution is 2.38. The van der Waals surface area contributed by atoms with Crippen LogP contribution in [0.1, 0.15) is 30.4 Å². The summed E-state index contributed by atoms with van der Waals surface area (Å²) in [7, 11) is 5.08. The molecule has 0 aliphatic heterocycles. The van der Waals surface area contributed by atoms with Crippen LogP contribution in [0, 0.1) is 11.6 Å². The topological polar surface area (TPSA) is 133 Å². The second kappa shape index (κ2) is 13.4. The van der Waals surface area contributed by atoms with Gasteiger partial charge in [-0.1, -0.05) is 18.2 Å². The average molecular weight is 664 g/mol. The number of hydrogen-bond donors (Lipinski definition) is 2. The summed E-state index contributed by atoms with van der Waals surface area (Å²) in [6.45, 7) is -0.188. The van der Waals surface area contributed by atoms with Crippen LogP contribution in [0.2, 0.25) is 0 Å². The maximum Gasteiger partial charge on any atom is 0.343 e. The Kier molecular flexibility index (Phi) is 9.11. The third-order valence-corrected chi connectivity index (χ3v) is 9.07. The van der Waals surface area contributed by atoms with Gasteiger partial charge in [-0.3, -0.25) is 14.2 Å². The fourth-order valence-electron chi connectivity index (χ4n) is 5.18. The van der Waals surface area contributed by atoms with Gasteiger partial charge in [-0.15, -0.1) is 21.5 Å². The summed E-state index contributed by atoms with van der Waals surface area (Å²) in [6.07, 6.45) is 2.91. The molecule has 1 fully saturated rings. The molecule has 3 aromatic heterocycles. The minimum absolute atomic E-state index is 0.0276. The lowest BCUT2D eigenvalue weighted by Gasteiger charge is -2.24. The number of hydrogen-bond acceptors (Lipinski definition) is 9. The average Bonchev–Trinajstić information content (AvgIpc) is 3.39. The van der Waals surface area contributed by atoms with E-state index in [1.807, 2.05) is 19.0 Å². The third kappa shape index (κ3) is 6.50. The molecule has 2 aromatic carbocycles. The van der Waals surface area contributed by atoms with Crippen LogP contribution < -0.4 is 26.8 Å². The van der Waals surface area contributed by atoms with Crippen molar-refractivity contribution in [3.63, 3.8) is 0 Å². The first-order valence-electron chi connectivity index (χ1n) is 14.7. The number of urea groups is 1. The van der Waals surface area contributed by atoms with Crippen molar-refractivity contribution in [3.8, 4) is 22.1 Å². The largest absolute Gasteiger partial charge is 0.480 e. The van der Waals surface area contributed by atoms with E-state index in [9.17, 15) is 23.2 Å². The highest BCUT2D eigenvalue weighted by atomic mass is 32.1. The van der Waals surface area contributed by atoms with E-state index in [2.05, 4.69) is 21.0 Å². The molecule has 5 aromatic rings. The predicted molar refractivity (Wildman–Crippen MR) is 173 cm³/mol. The number of methoxy groups -OCH3 is 1. The van der Waals surface area contributed by atoms with E-state index >= 15 is 0 Å². The highest BCUT2D eigenvalue weighted by Gasteiger charge is 2.26. The van der Waals surface area contributed by atoms with Crippen molar-refractivity contribution < 1.29 is 23.1 Å². The van der Waals surface area contributed by atoms with E-state index in [0.717, 1.165) is 47.3 Å². The molecule has 6 rings (SSSR count). The van der Waals surface area contributed by atoms with Crippen molar-refractivity contribution in [2.24, 2.45) is 0 Å². The number of hydroxylamine groups is 1. The molecule has 0 spiro atoms. The van der Waals surface area contributed by atoms with Gasteiger partial charge in [-0.25, -0.2) is 28.4 Å². The Bertz CT molecular complexity index is 2040. The van der Waals surface area contributed by atoms with Crippen LogP contribution in [0.4, 0.5) is 19.3 Å². The molecule has 1 saturated carbocycles. The molecule has 2 amide bonds. The molecule has 12 nitrogen and oxygen atoms in total. The summed E-state index contributed by atoms with van der Waals surface area (Å²) >= 11 is 1.16. The first kappa shape index (κ1) is 32.0. The lowest BCUT2D eigenvalue weighted by molar-refractivity contribution is -0.0421. The predicted octanol–water partition coefficient (Wildman–Crippen LogP) is 4.67. The number of rotatable bonds is 10. The molecule has 0 saturated heterocycles. The quantitative estimate of drug-likeness (QED) is 0.206. The van der Waals surface area contributed by atoms with E-state index in [4.69, 9.17) is 9.57 Å². The zero-order valence-corrected chi connectivity index (χ0v) is 26.6. The number of carbonyl (C=O) groups is 1. The standard InChI is InChI=1S/C32H31F2N7O5S/c1-39(2)16-22-27-29(42)41(25-14-15-26(45-3)37-36-25)32(44)40(17-21-23(33)8-5-9-24(21)34)30(27)47-28(22)18-10-12-19(13-11-18)35-31(43)38-46-20-6-4-7-20/h5,8-15,20H,4,6-7,16-17H2,1-3H3,(H2,35,38,43). The van der Waals surface area contributed by atoms with Gasteiger partial charge >= 0.3 is 11.7 Å². The van der Waals surface area contributed by atoms with Crippen molar-refractivity contribution in [2.75, 3.05) is 26.5 Å². The fourth-order valence-corrected chi connectivity index (χ4v) is 6.48. The lowest BCUT2D eigenvalue weighted by Crippen LogP contribution is -2.39. The van der Waals surface area contributed by atoms with Gasteiger partial charge in [0, 0.05) is 28.7 Å². The minimum Gasteiger partial charge on any atom is -0.480 e. The number of carbonyl (C=O) groups excluding carboxylic acids is 1. The summed E-state index contributed by atoms with van der Waals surface area (Å²) in [5.41, 5.74) is 2.38. The number of benzene rings is 2. The number of nitrogens with zero attached hydrogens (tertiary/aromatic N) is 5. The molecule has 15 heteroatoms. The maximum absolute atomic E-state index is 14.9. The summed E-state index contributed by atoms with van der Waals surface area (Å²) in [4.78, 5) is 48.7. The summed E-state index contributed by atoms with van der Waals surface area (Å²) in [5, 5.41) is 10.9. The maximum atomic E-state index is 14.9. The van der Waals surface area contributed by atoms with Crippen molar-refractivity contribution in [3.05, 3.63) is 98.2 Å². The molecule has 0 atom stereocenters. The van der Waals surface area contributed by atoms with Crippen LogP contribution in [0.5, 0.6) is 5.88 Å². The fraction of sp³-hybridized carbons (Fsp3) is 0.281. The number of thiophene rings is 1. The third-order valence-electron chi connectivity index (χ3n) is 7.76. The monoisotopic (exact) mass is 663 g/mol. The Balaban J connectivity index is 1.49. The molecule has 0 bridgehead atoms. The van der Waals surface area contributed by atoms with Crippen LogP contribution in [0.3, 0.4) is 0 Å². The van der Waals surface area contributed by atoms with Gasteiger partial charge in [-0.05, 0) is 74.8 Å². The molecule has 2 N–H and O–H groups in total. The Morgan fingerprint density at radius 2 is 1.74 bits per heavy atom. The molecule has 47 heavy (non-hydrogen) atoms. The molecular formula is C32H31F2N7O5S. The molecule has 0 radical (unpaired) electrons. The first-order chi connectivity index (χ1) is 22.6. The van der Waals surface area contributed by atoms with Gasteiger partial charge in [0.1, 0.15) is 16.5 Å². The van der Waals surface area contributed by atoms with E-state index < -0.39 is 35.5 Å². The second-order valence-corrected chi connectivity index (χ2v) is 12.3.